The first-order valence-corrected chi connectivity index (χ1v) is 12.9. The van der Waals surface area contributed by atoms with Gasteiger partial charge >= 0.3 is 0 Å². The summed E-state index contributed by atoms with van der Waals surface area (Å²) in [6.45, 7) is 5.28. The maximum atomic E-state index is 13.7. The summed E-state index contributed by atoms with van der Waals surface area (Å²) < 4.78 is 2.31. The highest BCUT2D eigenvalue weighted by atomic mass is 16.4. The van der Waals surface area contributed by atoms with Crippen molar-refractivity contribution in [2.75, 3.05) is 6.54 Å². The number of nitrogens with zero attached hydrogens (tertiary/aromatic N) is 2. The lowest BCUT2D eigenvalue weighted by atomic mass is 9.75. The standard InChI is InChI=1S/C33H30N2O2/c1-23-12-16-27(17-13-23)31-34-21-20-26-10-6-7-11-29(26)30(34)33(32(36)37,28-18-14-24(2)15-19-28)35(31)22-25-8-4-3-5-9-25/h3-19,30H,20-22H2,1-2H3. The maximum Gasteiger partial charge on any atom is 0.281 e. The zero-order valence-corrected chi connectivity index (χ0v) is 21.2. The Labute approximate surface area is 218 Å². The zero-order chi connectivity index (χ0) is 25.6. The van der Waals surface area contributed by atoms with E-state index in [1.165, 1.54) is 11.1 Å². The molecule has 4 nitrogen and oxygen atoms in total. The second kappa shape index (κ2) is 9.04. The van der Waals surface area contributed by atoms with Crippen molar-refractivity contribution in [2.45, 2.75) is 38.4 Å². The molecule has 2 atom stereocenters. The van der Waals surface area contributed by atoms with Crippen molar-refractivity contribution >= 4 is 11.8 Å². The molecule has 0 aliphatic carbocycles. The molecule has 2 heterocycles. The Morgan fingerprint density at radius 2 is 1.49 bits per heavy atom. The number of carbonyl (C=O) groups excluding carboxylic acids is 1. The van der Waals surface area contributed by atoms with E-state index in [9.17, 15) is 9.90 Å². The molecule has 2 aliphatic rings. The molecule has 2 unspecified atom stereocenters. The van der Waals surface area contributed by atoms with Crippen molar-refractivity contribution < 1.29 is 14.5 Å². The fraction of sp³-hybridized carbons (Fsp3) is 0.212. The van der Waals surface area contributed by atoms with Crippen LogP contribution in [0.15, 0.2) is 103 Å². The number of amidine groups is 1. The fourth-order valence-corrected chi connectivity index (χ4v) is 6.17. The molecule has 0 spiro atoms. The van der Waals surface area contributed by atoms with E-state index in [1.807, 2.05) is 61.5 Å². The average Bonchev–Trinajstić information content (AvgIpc) is 3.21. The zero-order valence-electron chi connectivity index (χ0n) is 21.2. The predicted molar refractivity (Wildman–Crippen MR) is 143 cm³/mol. The third kappa shape index (κ3) is 3.67. The lowest BCUT2D eigenvalue weighted by Crippen LogP contribution is -2.59. The second-order valence-corrected chi connectivity index (χ2v) is 10.2. The summed E-state index contributed by atoms with van der Waals surface area (Å²) in [4.78, 5) is 15.8. The molecule has 4 aromatic carbocycles. The van der Waals surface area contributed by atoms with E-state index in [4.69, 9.17) is 0 Å². The highest BCUT2D eigenvalue weighted by molar-refractivity contribution is 6.01. The number of benzene rings is 4. The number of carboxylic acid groups (broad SMARTS) is 1. The number of rotatable bonds is 5. The summed E-state index contributed by atoms with van der Waals surface area (Å²) in [5.41, 5.74) is 5.91. The van der Waals surface area contributed by atoms with Gasteiger partial charge in [0, 0.05) is 17.5 Å². The summed E-state index contributed by atoms with van der Waals surface area (Å²) >= 11 is 0. The van der Waals surface area contributed by atoms with Gasteiger partial charge in [0.05, 0.1) is 18.1 Å². The third-order valence-corrected chi connectivity index (χ3v) is 7.93. The number of carbonyl (C=O) groups is 1. The van der Waals surface area contributed by atoms with Crippen molar-refractivity contribution in [3.05, 3.63) is 142 Å². The van der Waals surface area contributed by atoms with Crippen LogP contribution >= 0.6 is 0 Å². The Morgan fingerprint density at radius 3 is 2.16 bits per heavy atom. The molecule has 2 aliphatic heterocycles. The van der Waals surface area contributed by atoms with Crippen LogP contribution in [-0.4, -0.2) is 27.8 Å². The highest BCUT2D eigenvalue weighted by Gasteiger charge is 2.64. The lowest BCUT2D eigenvalue weighted by Gasteiger charge is -2.40. The van der Waals surface area contributed by atoms with Gasteiger partial charge in [-0.3, -0.25) is 0 Å². The van der Waals surface area contributed by atoms with Crippen molar-refractivity contribution in [2.24, 2.45) is 0 Å². The Bertz CT molecular complexity index is 1490. The van der Waals surface area contributed by atoms with Gasteiger partial charge < -0.3 is 9.90 Å². The molecule has 184 valence electrons. The lowest BCUT2D eigenvalue weighted by molar-refractivity contribution is -0.576. The van der Waals surface area contributed by atoms with Gasteiger partial charge in [-0.15, -0.1) is 0 Å². The summed E-state index contributed by atoms with van der Waals surface area (Å²) in [5, 5.41) is 13.7. The minimum Gasteiger partial charge on any atom is -0.545 e. The van der Waals surface area contributed by atoms with Gasteiger partial charge in [0.25, 0.3) is 5.84 Å². The van der Waals surface area contributed by atoms with Gasteiger partial charge in [-0.25, -0.2) is 9.48 Å². The van der Waals surface area contributed by atoms with Gasteiger partial charge in [0.1, 0.15) is 6.54 Å². The van der Waals surface area contributed by atoms with Crippen LogP contribution in [0.5, 0.6) is 0 Å². The Hall–Kier alpha value is -4.18. The SMILES string of the molecule is Cc1ccc(C2=[N+]3CCc4ccccc4C3C(C(=O)[O-])(c3ccc(C)cc3)N2Cc2ccccc2)cc1. The summed E-state index contributed by atoms with van der Waals surface area (Å²) in [7, 11) is 0. The van der Waals surface area contributed by atoms with Crippen molar-refractivity contribution in [3.63, 3.8) is 0 Å². The molecule has 4 heteroatoms. The molecule has 4 aromatic rings. The first kappa shape index (κ1) is 23.2. The van der Waals surface area contributed by atoms with Gasteiger partial charge in [0.2, 0.25) is 5.54 Å². The van der Waals surface area contributed by atoms with Gasteiger partial charge in [-0.05, 0) is 37.1 Å². The molecule has 37 heavy (non-hydrogen) atoms. The van der Waals surface area contributed by atoms with Gasteiger partial charge in [0.15, 0.2) is 6.04 Å². The quantitative estimate of drug-likeness (QED) is 0.390. The molecule has 0 N–H and O–H groups in total. The Kier molecular flexibility index (Phi) is 5.68. The van der Waals surface area contributed by atoms with Crippen LogP contribution in [0, 0.1) is 13.8 Å². The fourth-order valence-electron chi connectivity index (χ4n) is 6.17. The molecule has 6 rings (SSSR count). The van der Waals surface area contributed by atoms with Gasteiger partial charge in [-0.2, -0.15) is 0 Å². The monoisotopic (exact) mass is 486 g/mol. The normalized spacial score (nSPS) is 20.5. The molecule has 0 amide bonds. The molecule has 0 saturated heterocycles. The van der Waals surface area contributed by atoms with Crippen LogP contribution in [0.2, 0.25) is 0 Å². The van der Waals surface area contributed by atoms with E-state index in [2.05, 4.69) is 64.9 Å². The van der Waals surface area contributed by atoms with Crippen molar-refractivity contribution in [1.82, 2.24) is 4.90 Å². The van der Waals surface area contributed by atoms with Crippen LogP contribution in [0.25, 0.3) is 0 Å². The summed E-state index contributed by atoms with van der Waals surface area (Å²) in [6, 6.07) is 34.4. The highest BCUT2D eigenvalue weighted by Crippen LogP contribution is 2.51. The molecular weight excluding hydrogens is 456 g/mol. The van der Waals surface area contributed by atoms with Crippen molar-refractivity contribution in [3.8, 4) is 0 Å². The second-order valence-electron chi connectivity index (χ2n) is 10.2. The van der Waals surface area contributed by atoms with Crippen LogP contribution in [0.1, 0.15) is 45.0 Å². The van der Waals surface area contributed by atoms with E-state index in [-0.39, 0.29) is 0 Å². The minimum atomic E-state index is -1.42. The average molecular weight is 487 g/mol. The number of carboxylic acids is 1. The maximum absolute atomic E-state index is 13.7. The van der Waals surface area contributed by atoms with E-state index in [1.54, 1.807) is 0 Å². The third-order valence-electron chi connectivity index (χ3n) is 7.93. The number of aryl methyl sites for hydroxylation is 2. The molecular formula is C33H30N2O2. The van der Waals surface area contributed by atoms with Crippen molar-refractivity contribution in [1.29, 1.82) is 0 Å². The molecule has 0 bridgehead atoms. The number of fused-ring (bicyclic) bond motifs is 3. The van der Waals surface area contributed by atoms with Crippen LogP contribution in [0.3, 0.4) is 0 Å². The predicted octanol–water partition coefficient (Wildman–Crippen LogP) is 4.52. The molecule has 0 aromatic heterocycles. The summed E-state index contributed by atoms with van der Waals surface area (Å²) in [5.74, 6) is -0.144. The minimum absolute atomic E-state index is 0.426. The molecule has 0 fully saturated rings. The van der Waals surface area contributed by atoms with Crippen LogP contribution in [-0.2, 0) is 23.3 Å². The first-order valence-electron chi connectivity index (χ1n) is 12.9. The van der Waals surface area contributed by atoms with Crippen LogP contribution < -0.4 is 5.11 Å². The first-order chi connectivity index (χ1) is 18.0. The number of hydrogen-bond donors (Lipinski definition) is 0. The largest absolute Gasteiger partial charge is 0.545 e. The Morgan fingerprint density at radius 1 is 0.865 bits per heavy atom. The summed E-state index contributed by atoms with van der Waals surface area (Å²) in [6.07, 6.45) is 0.859. The Balaban J connectivity index is 1.69. The van der Waals surface area contributed by atoms with E-state index in [0.717, 1.165) is 46.6 Å². The smallest absolute Gasteiger partial charge is 0.281 e. The van der Waals surface area contributed by atoms with Crippen LogP contribution in [0.4, 0.5) is 0 Å². The van der Waals surface area contributed by atoms with Gasteiger partial charge in [-0.1, -0.05) is 102 Å². The number of hydrogen-bond acceptors (Lipinski definition) is 3. The van der Waals surface area contributed by atoms with E-state index in [0.29, 0.717) is 6.54 Å². The molecule has 0 radical (unpaired) electrons. The topological polar surface area (TPSA) is 46.4 Å². The molecule has 0 saturated carbocycles. The van der Waals surface area contributed by atoms with E-state index >= 15 is 0 Å². The van der Waals surface area contributed by atoms with E-state index < -0.39 is 17.6 Å². The number of aliphatic carboxylic acids is 1.